The van der Waals surface area contributed by atoms with Crippen LogP contribution >= 0.6 is 11.3 Å². The number of hydrogen-bond donors (Lipinski definition) is 1. The second-order valence-electron chi connectivity index (χ2n) is 4.59. The van der Waals surface area contributed by atoms with E-state index in [1.165, 1.54) is 5.56 Å². The highest BCUT2D eigenvalue weighted by atomic mass is 32.1. The van der Waals surface area contributed by atoms with Crippen LogP contribution < -0.4 is 5.73 Å². The summed E-state index contributed by atoms with van der Waals surface area (Å²) in [6.45, 7) is 4.39. The number of benzene rings is 1. The lowest BCUT2D eigenvalue weighted by Gasteiger charge is -2.08. The van der Waals surface area contributed by atoms with Crippen LogP contribution in [0.25, 0.3) is 16.4 Å². The molecule has 0 spiro atoms. The van der Waals surface area contributed by atoms with Gasteiger partial charge >= 0.3 is 0 Å². The van der Waals surface area contributed by atoms with Gasteiger partial charge in [-0.3, -0.25) is 0 Å². The van der Waals surface area contributed by atoms with E-state index >= 15 is 0 Å². The van der Waals surface area contributed by atoms with Crippen molar-refractivity contribution in [2.75, 3.05) is 0 Å². The van der Waals surface area contributed by atoms with Crippen LogP contribution in [-0.4, -0.2) is 20.0 Å². The van der Waals surface area contributed by atoms with Crippen molar-refractivity contribution in [1.82, 2.24) is 20.0 Å². The molecule has 3 aromatic rings. The van der Waals surface area contributed by atoms with Gasteiger partial charge in [0.15, 0.2) is 0 Å². The largest absolute Gasteiger partial charge is 0.325 e. The van der Waals surface area contributed by atoms with Crippen LogP contribution in [0.1, 0.15) is 17.0 Å². The molecule has 0 bridgehead atoms. The number of rotatable bonds is 3. The molecule has 0 fully saturated rings. The summed E-state index contributed by atoms with van der Waals surface area (Å²) >= 11 is 1.55. The van der Waals surface area contributed by atoms with Crippen LogP contribution in [0.5, 0.6) is 0 Å². The van der Waals surface area contributed by atoms with Crippen molar-refractivity contribution in [3.63, 3.8) is 0 Å². The van der Waals surface area contributed by atoms with Gasteiger partial charge in [-0.2, -0.15) is 4.68 Å². The maximum atomic E-state index is 5.80. The third kappa shape index (κ3) is 2.13. The van der Waals surface area contributed by atoms with Gasteiger partial charge in [-0.15, -0.1) is 16.4 Å². The van der Waals surface area contributed by atoms with Crippen LogP contribution in [0.15, 0.2) is 29.6 Å². The molecular formula is C14H15N5S. The first-order valence-corrected chi connectivity index (χ1v) is 7.22. The van der Waals surface area contributed by atoms with Gasteiger partial charge in [-0.25, -0.2) is 4.98 Å². The Morgan fingerprint density at radius 1 is 1.25 bits per heavy atom. The van der Waals surface area contributed by atoms with Crippen molar-refractivity contribution in [3.8, 4) is 16.4 Å². The molecule has 20 heavy (non-hydrogen) atoms. The van der Waals surface area contributed by atoms with Crippen molar-refractivity contribution < 1.29 is 0 Å². The van der Waals surface area contributed by atoms with Gasteiger partial charge in [-0.1, -0.05) is 29.5 Å². The van der Waals surface area contributed by atoms with Gasteiger partial charge in [-0.05, 0) is 19.4 Å². The minimum atomic E-state index is 0.355. The van der Waals surface area contributed by atoms with Crippen molar-refractivity contribution in [3.05, 3.63) is 46.6 Å². The Bertz CT molecular complexity index is 744. The molecule has 0 unspecified atom stereocenters. The third-order valence-electron chi connectivity index (χ3n) is 3.12. The second-order valence-corrected chi connectivity index (χ2v) is 5.42. The normalized spacial score (nSPS) is 10.9. The number of aryl methyl sites for hydroxylation is 2. The molecule has 6 heteroatoms. The molecule has 0 aliphatic carbocycles. The molecule has 2 heterocycles. The standard InChI is InChI=1S/C14H15N5S/c1-9-5-3-4-6-11(9)13-12(7-15)17-18-19(13)14-16-10(2)8-20-14/h3-6,8H,7,15H2,1-2H3. The molecule has 0 amide bonds. The van der Waals surface area contributed by atoms with Crippen molar-refractivity contribution in [1.29, 1.82) is 0 Å². The summed E-state index contributed by atoms with van der Waals surface area (Å²) in [6.07, 6.45) is 0. The van der Waals surface area contributed by atoms with Crippen molar-refractivity contribution >= 4 is 11.3 Å². The Morgan fingerprint density at radius 2 is 2.05 bits per heavy atom. The molecule has 0 radical (unpaired) electrons. The van der Waals surface area contributed by atoms with E-state index in [1.54, 1.807) is 16.0 Å². The molecule has 0 atom stereocenters. The van der Waals surface area contributed by atoms with Crippen molar-refractivity contribution in [2.45, 2.75) is 20.4 Å². The van der Waals surface area contributed by atoms with Gasteiger partial charge in [0.2, 0.25) is 5.13 Å². The van der Waals surface area contributed by atoms with E-state index in [9.17, 15) is 0 Å². The predicted octanol–water partition coefficient (Wildman–Crippen LogP) is 2.47. The van der Waals surface area contributed by atoms with Crippen molar-refractivity contribution in [2.24, 2.45) is 5.73 Å². The summed E-state index contributed by atoms with van der Waals surface area (Å²) in [6, 6.07) is 8.15. The van der Waals surface area contributed by atoms with Gasteiger partial charge in [0, 0.05) is 17.5 Å². The number of thiazole rings is 1. The zero-order valence-electron chi connectivity index (χ0n) is 11.4. The van der Waals surface area contributed by atoms with E-state index in [4.69, 9.17) is 5.73 Å². The fourth-order valence-electron chi connectivity index (χ4n) is 2.13. The summed E-state index contributed by atoms with van der Waals surface area (Å²) in [7, 11) is 0. The fourth-order valence-corrected chi connectivity index (χ4v) is 2.88. The molecule has 2 aromatic heterocycles. The van der Waals surface area contributed by atoms with Crippen LogP contribution in [0, 0.1) is 13.8 Å². The molecule has 0 saturated heterocycles. The Balaban J connectivity index is 2.23. The average Bonchev–Trinajstić information content (AvgIpc) is 3.05. The summed E-state index contributed by atoms with van der Waals surface area (Å²) in [5.41, 5.74) is 10.7. The Kier molecular flexibility index (Phi) is 3.33. The summed E-state index contributed by atoms with van der Waals surface area (Å²) in [5, 5.41) is 11.2. The summed E-state index contributed by atoms with van der Waals surface area (Å²) < 4.78 is 1.78. The molecule has 3 rings (SSSR count). The van der Waals surface area contributed by atoms with Crippen LogP contribution in [0.2, 0.25) is 0 Å². The second kappa shape index (κ2) is 5.15. The minimum Gasteiger partial charge on any atom is -0.325 e. The highest BCUT2D eigenvalue weighted by Gasteiger charge is 2.18. The number of nitrogens with two attached hydrogens (primary N) is 1. The summed E-state index contributed by atoms with van der Waals surface area (Å²) in [5.74, 6) is 0. The monoisotopic (exact) mass is 285 g/mol. The molecule has 2 N–H and O–H groups in total. The average molecular weight is 285 g/mol. The van der Waals surface area contributed by atoms with E-state index in [0.29, 0.717) is 6.54 Å². The topological polar surface area (TPSA) is 69.6 Å². The maximum absolute atomic E-state index is 5.80. The Labute approximate surface area is 121 Å². The van der Waals surface area contributed by atoms with E-state index in [2.05, 4.69) is 34.4 Å². The highest BCUT2D eigenvalue weighted by Crippen LogP contribution is 2.28. The fraction of sp³-hybridized carbons (Fsp3) is 0.214. The summed E-state index contributed by atoms with van der Waals surface area (Å²) in [4.78, 5) is 4.48. The maximum Gasteiger partial charge on any atom is 0.212 e. The quantitative estimate of drug-likeness (QED) is 0.802. The molecular weight excluding hydrogens is 270 g/mol. The van der Waals surface area contributed by atoms with Crippen LogP contribution in [0.4, 0.5) is 0 Å². The molecule has 0 saturated carbocycles. The zero-order chi connectivity index (χ0) is 14.1. The molecule has 102 valence electrons. The molecule has 0 aliphatic rings. The van der Waals surface area contributed by atoms with Gasteiger partial charge in [0.1, 0.15) is 11.4 Å². The highest BCUT2D eigenvalue weighted by molar-refractivity contribution is 7.12. The van der Waals surface area contributed by atoms with Gasteiger partial charge in [0.25, 0.3) is 0 Å². The number of hydrogen-bond acceptors (Lipinski definition) is 5. The molecule has 5 nitrogen and oxygen atoms in total. The van der Waals surface area contributed by atoms with E-state index in [-0.39, 0.29) is 0 Å². The Morgan fingerprint density at radius 3 is 2.70 bits per heavy atom. The minimum absolute atomic E-state index is 0.355. The van der Waals surface area contributed by atoms with E-state index in [0.717, 1.165) is 27.8 Å². The Hall–Kier alpha value is -2.05. The first-order valence-electron chi connectivity index (χ1n) is 6.34. The lowest BCUT2D eigenvalue weighted by molar-refractivity contribution is 0.792. The number of aromatic nitrogens is 4. The first-order chi connectivity index (χ1) is 9.70. The number of nitrogens with zero attached hydrogens (tertiary/aromatic N) is 4. The third-order valence-corrected chi connectivity index (χ3v) is 4.06. The SMILES string of the molecule is Cc1csc(-n2nnc(CN)c2-c2ccccc2C)n1. The van der Waals surface area contributed by atoms with Crippen LogP contribution in [0.3, 0.4) is 0 Å². The van der Waals surface area contributed by atoms with Gasteiger partial charge < -0.3 is 5.73 Å². The predicted molar refractivity (Wildman–Crippen MR) is 79.8 cm³/mol. The van der Waals surface area contributed by atoms with Crippen LogP contribution in [-0.2, 0) is 6.54 Å². The lowest BCUT2D eigenvalue weighted by atomic mass is 10.0. The first kappa shape index (κ1) is 13.0. The van der Waals surface area contributed by atoms with E-state index < -0.39 is 0 Å². The van der Waals surface area contributed by atoms with Gasteiger partial charge in [0.05, 0.1) is 5.69 Å². The lowest BCUT2D eigenvalue weighted by Crippen LogP contribution is -2.03. The van der Waals surface area contributed by atoms with E-state index in [1.807, 2.05) is 24.4 Å². The molecule has 0 aliphatic heterocycles. The molecule has 1 aromatic carbocycles. The zero-order valence-corrected chi connectivity index (χ0v) is 12.2. The smallest absolute Gasteiger partial charge is 0.212 e.